The van der Waals surface area contributed by atoms with Crippen molar-refractivity contribution in [1.82, 2.24) is 4.57 Å². The number of methoxy groups -OCH3 is 1. The largest absolute Gasteiger partial charge is 0.465 e. The molecule has 0 bridgehead atoms. The third-order valence-corrected chi connectivity index (χ3v) is 5.60. The average Bonchev–Trinajstić information content (AvgIpc) is 3.13. The highest BCUT2D eigenvalue weighted by Gasteiger charge is 2.16. The van der Waals surface area contributed by atoms with E-state index in [2.05, 4.69) is 5.32 Å². The van der Waals surface area contributed by atoms with Gasteiger partial charge >= 0.3 is 5.97 Å². The number of carbonyl (C=O) groups is 2. The molecule has 28 heavy (non-hydrogen) atoms. The van der Waals surface area contributed by atoms with E-state index in [0.29, 0.717) is 16.0 Å². The van der Waals surface area contributed by atoms with Gasteiger partial charge in [-0.2, -0.15) is 0 Å². The molecule has 1 amide bonds. The van der Waals surface area contributed by atoms with Gasteiger partial charge in [0, 0.05) is 29.0 Å². The molecule has 2 aromatic heterocycles. The third-order valence-electron chi connectivity index (χ3n) is 4.50. The van der Waals surface area contributed by atoms with Gasteiger partial charge in [-0.3, -0.25) is 9.59 Å². The van der Waals surface area contributed by atoms with E-state index in [-0.39, 0.29) is 11.0 Å². The maximum Gasteiger partial charge on any atom is 0.348 e. The number of fused-ring (bicyclic) bond motifs is 2. The van der Waals surface area contributed by atoms with Crippen molar-refractivity contribution in [1.29, 1.82) is 0 Å². The van der Waals surface area contributed by atoms with E-state index in [4.69, 9.17) is 4.74 Å². The summed E-state index contributed by atoms with van der Waals surface area (Å²) in [5, 5.41) is 4.08. The number of rotatable bonds is 3. The summed E-state index contributed by atoms with van der Waals surface area (Å²) in [6, 6.07) is 14.2. The summed E-state index contributed by atoms with van der Waals surface area (Å²) in [7, 11) is 3.13. The normalized spacial score (nSPS) is 10.9. The third kappa shape index (κ3) is 3.05. The standard InChI is InChI=1S/C21H16N2O4S/c1-23-11-15(19(24)14-5-3-4-6-16(14)23)20(25)22-13-7-8-17-12(9-13)10-18(28-17)21(26)27-2/h3-11H,1-2H3,(H,22,25). The van der Waals surface area contributed by atoms with Crippen LogP contribution in [0.1, 0.15) is 20.0 Å². The number of pyridine rings is 1. The Morgan fingerprint density at radius 1 is 1.11 bits per heavy atom. The first-order chi connectivity index (χ1) is 13.5. The lowest BCUT2D eigenvalue weighted by Crippen LogP contribution is -2.23. The van der Waals surface area contributed by atoms with Crippen LogP contribution in [0, 0.1) is 0 Å². The number of amides is 1. The number of hydrogen-bond acceptors (Lipinski definition) is 5. The summed E-state index contributed by atoms with van der Waals surface area (Å²) in [5.41, 5.74) is 1.07. The molecule has 0 radical (unpaired) electrons. The van der Waals surface area contributed by atoms with Crippen molar-refractivity contribution in [2.75, 3.05) is 12.4 Å². The molecule has 0 spiro atoms. The Morgan fingerprint density at radius 2 is 1.89 bits per heavy atom. The zero-order chi connectivity index (χ0) is 19.8. The van der Waals surface area contributed by atoms with Crippen LogP contribution in [0.25, 0.3) is 21.0 Å². The minimum Gasteiger partial charge on any atom is -0.465 e. The fourth-order valence-electron chi connectivity index (χ4n) is 3.12. The second-order valence-electron chi connectivity index (χ2n) is 6.31. The van der Waals surface area contributed by atoms with Crippen molar-refractivity contribution < 1.29 is 14.3 Å². The van der Waals surface area contributed by atoms with Gasteiger partial charge in [0.15, 0.2) is 0 Å². The van der Waals surface area contributed by atoms with E-state index in [1.54, 1.807) is 48.1 Å². The van der Waals surface area contributed by atoms with Gasteiger partial charge in [-0.25, -0.2) is 4.79 Å². The molecule has 0 unspecified atom stereocenters. The number of esters is 1. The molecule has 1 N–H and O–H groups in total. The second kappa shape index (κ2) is 6.94. The molecule has 0 aliphatic rings. The molecule has 0 atom stereocenters. The van der Waals surface area contributed by atoms with Crippen LogP contribution in [-0.2, 0) is 11.8 Å². The summed E-state index contributed by atoms with van der Waals surface area (Å²) < 4.78 is 7.41. The van der Waals surface area contributed by atoms with E-state index >= 15 is 0 Å². The molecule has 7 heteroatoms. The van der Waals surface area contributed by atoms with E-state index in [1.165, 1.54) is 18.4 Å². The van der Waals surface area contributed by atoms with Crippen molar-refractivity contribution >= 4 is 49.9 Å². The zero-order valence-corrected chi connectivity index (χ0v) is 16.0. The summed E-state index contributed by atoms with van der Waals surface area (Å²) >= 11 is 1.32. The number of carbonyl (C=O) groups excluding carboxylic acids is 2. The van der Waals surface area contributed by atoms with Crippen molar-refractivity contribution in [3.05, 3.63) is 75.4 Å². The summed E-state index contributed by atoms with van der Waals surface area (Å²) in [6.07, 6.45) is 1.54. The Hall–Kier alpha value is -3.45. The van der Waals surface area contributed by atoms with Crippen LogP contribution in [0.2, 0.25) is 0 Å². The predicted molar refractivity (Wildman–Crippen MR) is 110 cm³/mol. The van der Waals surface area contributed by atoms with Crippen LogP contribution in [-0.4, -0.2) is 23.6 Å². The van der Waals surface area contributed by atoms with E-state index in [0.717, 1.165) is 15.6 Å². The second-order valence-corrected chi connectivity index (χ2v) is 7.39. The molecule has 0 saturated carbocycles. The highest BCUT2D eigenvalue weighted by molar-refractivity contribution is 7.20. The smallest absolute Gasteiger partial charge is 0.348 e. The van der Waals surface area contributed by atoms with E-state index < -0.39 is 11.9 Å². The molecule has 2 heterocycles. The van der Waals surface area contributed by atoms with Gasteiger partial charge in [0.25, 0.3) is 5.91 Å². The van der Waals surface area contributed by atoms with Crippen molar-refractivity contribution in [2.45, 2.75) is 0 Å². The molecule has 0 fully saturated rings. The fourth-order valence-corrected chi connectivity index (χ4v) is 4.08. The topological polar surface area (TPSA) is 77.4 Å². The van der Waals surface area contributed by atoms with Crippen LogP contribution in [0.5, 0.6) is 0 Å². The first kappa shape index (κ1) is 17.9. The monoisotopic (exact) mass is 392 g/mol. The first-order valence-electron chi connectivity index (χ1n) is 8.49. The molecule has 140 valence electrons. The van der Waals surface area contributed by atoms with Gasteiger partial charge < -0.3 is 14.6 Å². The van der Waals surface area contributed by atoms with Gasteiger partial charge in [0.1, 0.15) is 10.4 Å². The van der Waals surface area contributed by atoms with Crippen LogP contribution in [0.4, 0.5) is 5.69 Å². The van der Waals surface area contributed by atoms with Crippen molar-refractivity contribution in [2.24, 2.45) is 7.05 Å². The Balaban J connectivity index is 1.68. The minimum atomic E-state index is -0.478. The lowest BCUT2D eigenvalue weighted by molar-refractivity contribution is 0.0606. The maximum absolute atomic E-state index is 12.7. The molecule has 0 aliphatic heterocycles. The molecule has 4 rings (SSSR count). The Bertz CT molecular complexity index is 1300. The number of aromatic nitrogens is 1. The number of thiophene rings is 1. The fraction of sp³-hybridized carbons (Fsp3) is 0.0952. The summed E-state index contributed by atoms with van der Waals surface area (Å²) in [6.45, 7) is 0. The van der Waals surface area contributed by atoms with E-state index in [1.807, 2.05) is 18.2 Å². The number of nitrogens with one attached hydrogen (secondary N) is 1. The van der Waals surface area contributed by atoms with Crippen LogP contribution >= 0.6 is 11.3 Å². The highest BCUT2D eigenvalue weighted by Crippen LogP contribution is 2.28. The van der Waals surface area contributed by atoms with E-state index in [9.17, 15) is 14.4 Å². The highest BCUT2D eigenvalue weighted by atomic mass is 32.1. The molecule has 2 aromatic carbocycles. The Morgan fingerprint density at radius 3 is 2.68 bits per heavy atom. The molecule has 0 aliphatic carbocycles. The lowest BCUT2D eigenvalue weighted by atomic mass is 10.1. The van der Waals surface area contributed by atoms with Crippen molar-refractivity contribution in [3.8, 4) is 0 Å². The number of hydrogen-bond donors (Lipinski definition) is 1. The maximum atomic E-state index is 12.7. The number of anilines is 1. The number of para-hydroxylation sites is 1. The summed E-state index contributed by atoms with van der Waals surface area (Å²) in [5.74, 6) is -0.874. The van der Waals surface area contributed by atoms with Crippen LogP contribution < -0.4 is 10.7 Å². The van der Waals surface area contributed by atoms with Gasteiger partial charge in [-0.15, -0.1) is 11.3 Å². The van der Waals surface area contributed by atoms with Gasteiger partial charge in [-0.1, -0.05) is 12.1 Å². The number of nitrogens with zero attached hydrogens (tertiary/aromatic N) is 1. The number of ether oxygens (including phenoxy) is 1. The minimum absolute atomic E-state index is 0.0712. The molecular weight excluding hydrogens is 376 g/mol. The van der Waals surface area contributed by atoms with Crippen LogP contribution in [0.3, 0.4) is 0 Å². The first-order valence-corrected chi connectivity index (χ1v) is 9.31. The molecule has 0 saturated heterocycles. The number of aryl methyl sites for hydroxylation is 1. The summed E-state index contributed by atoms with van der Waals surface area (Å²) in [4.78, 5) is 37.6. The van der Waals surface area contributed by atoms with Gasteiger partial charge in [0.05, 0.1) is 12.6 Å². The lowest BCUT2D eigenvalue weighted by Gasteiger charge is -2.09. The molecule has 4 aromatic rings. The van der Waals surface area contributed by atoms with Gasteiger partial charge in [0.2, 0.25) is 5.43 Å². The van der Waals surface area contributed by atoms with Gasteiger partial charge in [-0.05, 0) is 41.8 Å². The predicted octanol–water partition coefficient (Wildman–Crippen LogP) is 3.79. The van der Waals surface area contributed by atoms with Crippen molar-refractivity contribution in [3.63, 3.8) is 0 Å². The molecule has 6 nitrogen and oxygen atoms in total. The van der Waals surface area contributed by atoms with Crippen LogP contribution in [0.15, 0.2) is 59.5 Å². The average molecular weight is 392 g/mol. The SMILES string of the molecule is COC(=O)c1cc2cc(NC(=O)c3cn(C)c4ccccc4c3=O)ccc2s1. The Labute approximate surface area is 164 Å². The quantitative estimate of drug-likeness (QED) is 0.538. The Kier molecular flexibility index (Phi) is 4.44. The zero-order valence-electron chi connectivity index (χ0n) is 15.2. The number of benzene rings is 2. The molecular formula is C21H16N2O4S.